The third kappa shape index (κ3) is 2.44. The summed E-state index contributed by atoms with van der Waals surface area (Å²) in [5, 5.41) is 26.4. The molecule has 0 atom stereocenters. The zero-order valence-corrected chi connectivity index (χ0v) is 13.1. The Morgan fingerprint density at radius 2 is 2.16 bits per heavy atom. The maximum atomic E-state index is 12.5. The van der Waals surface area contributed by atoms with E-state index < -0.39 is 5.91 Å². The lowest BCUT2D eigenvalue weighted by Crippen LogP contribution is -2.13. The first kappa shape index (κ1) is 14.7. The van der Waals surface area contributed by atoms with E-state index >= 15 is 0 Å². The van der Waals surface area contributed by atoms with Gasteiger partial charge in [0.25, 0.3) is 5.91 Å². The molecule has 25 heavy (non-hydrogen) atoms. The van der Waals surface area contributed by atoms with E-state index in [1.54, 1.807) is 25.5 Å². The number of anilines is 1. The molecule has 8 heteroatoms. The summed E-state index contributed by atoms with van der Waals surface area (Å²) < 4.78 is 5.11. The van der Waals surface area contributed by atoms with E-state index in [2.05, 4.69) is 25.7 Å². The zero-order valence-electron chi connectivity index (χ0n) is 13.1. The predicted octanol–water partition coefficient (Wildman–Crippen LogP) is 2.98. The fourth-order valence-corrected chi connectivity index (χ4v) is 2.70. The summed E-state index contributed by atoms with van der Waals surface area (Å²) in [6, 6.07) is 9.16. The van der Waals surface area contributed by atoms with E-state index in [1.807, 2.05) is 24.3 Å². The van der Waals surface area contributed by atoms with Crippen LogP contribution >= 0.6 is 0 Å². The smallest absolute Gasteiger partial charge is 0.260 e. The number of carbonyl (C=O) groups is 1. The third-order valence-electron chi connectivity index (χ3n) is 3.90. The van der Waals surface area contributed by atoms with E-state index in [0.717, 1.165) is 22.2 Å². The summed E-state index contributed by atoms with van der Waals surface area (Å²) in [6.45, 7) is 1.67. The molecule has 0 saturated carbocycles. The van der Waals surface area contributed by atoms with Gasteiger partial charge in [-0.3, -0.25) is 15.0 Å². The van der Waals surface area contributed by atoms with Crippen molar-refractivity contribution in [3.63, 3.8) is 0 Å². The van der Waals surface area contributed by atoms with Crippen LogP contribution in [0.3, 0.4) is 0 Å². The van der Waals surface area contributed by atoms with E-state index in [1.165, 1.54) is 0 Å². The van der Waals surface area contributed by atoms with Crippen LogP contribution in [0.4, 0.5) is 5.69 Å². The fourth-order valence-electron chi connectivity index (χ4n) is 2.70. The van der Waals surface area contributed by atoms with Crippen molar-refractivity contribution >= 4 is 22.5 Å². The number of nitrogens with one attached hydrogen (secondary N) is 3. The van der Waals surface area contributed by atoms with Gasteiger partial charge in [-0.1, -0.05) is 0 Å². The van der Waals surface area contributed by atoms with Crippen LogP contribution in [0.15, 0.2) is 41.2 Å². The largest absolute Gasteiger partial charge is 0.472 e. The van der Waals surface area contributed by atoms with Gasteiger partial charge in [-0.15, -0.1) is 0 Å². The highest BCUT2D eigenvalue weighted by atomic mass is 16.3. The van der Waals surface area contributed by atoms with Gasteiger partial charge >= 0.3 is 0 Å². The van der Waals surface area contributed by atoms with Crippen molar-refractivity contribution in [1.82, 2.24) is 20.4 Å². The highest BCUT2D eigenvalue weighted by molar-refractivity contribution is 6.07. The van der Waals surface area contributed by atoms with Crippen LogP contribution in [-0.2, 0) is 0 Å². The number of carbonyl (C=O) groups excluding carboxylic acids is 1. The Labute approximate surface area is 141 Å². The lowest BCUT2D eigenvalue weighted by molar-refractivity contribution is 0.102. The monoisotopic (exact) mass is 332 g/mol. The second kappa shape index (κ2) is 5.65. The average Bonchev–Trinajstić information content (AvgIpc) is 3.32. The molecule has 0 aliphatic heterocycles. The molecule has 0 saturated heterocycles. The minimum Gasteiger partial charge on any atom is -0.472 e. The molecule has 4 rings (SSSR count). The molecule has 3 heterocycles. The molecule has 0 aliphatic rings. The van der Waals surface area contributed by atoms with Crippen LogP contribution in [0, 0.1) is 18.3 Å². The number of fused-ring (bicyclic) bond motifs is 1. The van der Waals surface area contributed by atoms with Gasteiger partial charge in [-0.05, 0) is 31.2 Å². The van der Waals surface area contributed by atoms with Crippen molar-refractivity contribution in [1.29, 1.82) is 5.26 Å². The summed E-state index contributed by atoms with van der Waals surface area (Å²) >= 11 is 0. The van der Waals surface area contributed by atoms with Crippen LogP contribution in [0.2, 0.25) is 0 Å². The lowest BCUT2D eigenvalue weighted by Gasteiger charge is -2.05. The highest BCUT2D eigenvalue weighted by Gasteiger charge is 2.18. The molecule has 122 valence electrons. The van der Waals surface area contributed by atoms with Gasteiger partial charge in [0.1, 0.15) is 17.5 Å². The van der Waals surface area contributed by atoms with E-state index in [-0.39, 0.29) is 11.3 Å². The van der Waals surface area contributed by atoms with Gasteiger partial charge in [-0.2, -0.15) is 15.5 Å². The van der Waals surface area contributed by atoms with Crippen LogP contribution in [0.25, 0.3) is 22.2 Å². The Kier molecular flexibility index (Phi) is 3.32. The number of hydrogen-bond donors (Lipinski definition) is 3. The van der Waals surface area contributed by atoms with Crippen LogP contribution in [-0.4, -0.2) is 26.3 Å². The number of H-pyrrole nitrogens is 2. The van der Waals surface area contributed by atoms with Gasteiger partial charge in [0.05, 0.1) is 29.3 Å². The van der Waals surface area contributed by atoms with E-state index in [0.29, 0.717) is 11.4 Å². The molecular formula is C17H12N6O2. The molecule has 8 nitrogen and oxygen atoms in total. The molecule has 0 bridgehead atoms. The number of benzene rings is 1. The van der Waals surface area contributed by atoms with Crippen molar-refractivity contribution < 1.29 is 9.21 Å². The Morgan fingerprint density at radius 1 is 1.28 bits per heavy atom. The molecule has 0 spiro atoms. The summed E-state index contributed by atoms with van der Waals surface area (Å²) in [5.74, 6) is -0.393. The molecule has 0 radical (unpaired) electrons. The number of aromatic amines is 2. The number of aromatic nitrogens is 4. The zero-order chi connectivity index (χ0) is 17.4. The Hall–Kier alpha value is -3.86. The predicted molar refractivity (Wildman–Crippen MR) is 89.8 cm³/mol. The normalized spacial score (nSPS) is 10.7. The molecule has 0 unspecified atom stereocenters. The van der Waals surface area contributed by atoms with Gasteiger partial charge < -0.3 is 9.73 Å². The number of nitriles is 1. The molecule has 1 amide bonds. The van der Waals surface area contributed by atoms with Gasteiger partial charge in [-0.25, -0.2) is 0 Å². The third-order valence-corrected chi connectivity index (χ3v) is 3.90. The van der Waals surface area contributed by atoms with E-state index in [4.69, 9.17) is 9.68 Å². The fraction of sp³-hybridized carbons (Fsp3) is 0.0588. The summed E-state index contributed by atoms with van der Waals surface area (Å²) in [7, 11) is 0. The Bertz CT molecular complexity index is 1110. The number of rotatable bonds is 3. The van der Waals surface area contributed by atoms with Crippen molar-refractivity contribution in [3.05, 3.63) is 53.7 Å². The molecular weight excluding hydrogens is 320 g/mol. The number of furan rings is 1. The van der Waals surface area contributed by atoms with Gasteiger partial charge in [0.2, 0.25) is 0 Å². The highest BCUT2D eigenvalue weighted by Crippen LogP contribution is 2.29. The SMILES string of the molecule is Cc1n[nH]c(C#N)c1C(=O)Nc1ccc2[nH]nc(-c3ccoc3)c2c1. The second-order valence-electron chi connectivity index (χ2n) is 5.47. The summed E-state index contributed by atoms with van der Waals surface area (Å²) in [4.78, 5) is 12.5. The maximum absolute atomic E-state index is 12.5. The van der Waals surface area contributed by atoms with Crippen LogP contribution in [0.5, 0.6) is 0 Å². The molecule has 3 N–H and O–H groups in total. The number of amides is 1. The first-order valence-corrected chi connectivity index (χ1v) is 7.44. The molecule has 0 aliphatic carbocycles. The number of hydrogen-bond acceptors (Lipinski definition) is 5. The molecule has 3 aromatic heterocycles. The second-order valence-corrected chi connectivity index (χ2v) is 5.47. The first-order valence-electron chi connectivity index (χ1n) is 7.44. The van der Waals surface area contributed by atoms with Gasteiger partial charge in [0.15, 0.2) is 0 Å². The molecule has 4 aromatic rings. The van der Waals surface area contributed by atoms with Gasteiger partial charge in [0, 0.05) is 16.6 Å². The quantitative estimate of drug-likeness (QED) is 0.532. The minimum atomic E-state index is -0.393. The lowest BCUT2D eigenvalue weighted by atomic mass is 10.1. The van der Waals surface area contributed by atoms with Crippen molar-refractivity contribution in [3.8, 4) is 17.3 Å². The number of aryl methyl sites for hydroxylation is 1. The summed E-state index contributed by atoms with van der Waals surface area (Å²) in [6.07, 6.45) is 3.18. The number of nitrogens with zero attached hydrogens (tertiary/aromatic N) is 3. The van der Waals surface area contributed by atoms with Crippen LogP contribution in [0.1, 0.15) is 21.7 Å². The Balaban J connectivity index is 1.70. The van der Waals surface area contributed by atoms with Crippen molar-refractivity contribution in [2.75, 3.05) is 5.32 Å². The summed E-state index contributed by atoms with van der Waals surface area (Å²) in [5.41, 5.74) is 3.85. The maximum Gasteiger partial charge on any atom is 0.260 e. The standard InChI is InChI=1S/C17H12N6O2/c1-9-15(14(7-18)22-20-9)17(24)19-11-2-3-13-12(6-11)16(23-21-13)10-4-5-25-8-10/h2-6,8H,1H3,(H,19,24)(H,20,22)(H,21,23). The average molecular weight is 332 g/mol. The first-order chi connectivity index (χ1) is 12.2. The van der Waals surface area contributed by atoms with Crippen molar-refractivity contribution in [2.24, 2.45) is 0 Å². The van der Waals surface area contributed by atoms with Crippen molar-refractivity contribution in [2.45, 2.75) is 6.92 Å². The van der Waals surface area contributed by atoms with E-state index in [9.17, 15) is 4.79 Å². The molecule has 0 fully saturated rings. The topological polar surface area (TPSA) is 123 Å². The molecule has 1 aromatic carbocycles. The Morgan fingerprint density at radius 3 is 2.92 bits per heavy atom. The van der Waals surface area contributed by atoms with Crippen LogP contribution < -0.4 is 5.32 Å². The minimum absolute atomic E-state index is 0.137.